The molecule has 0 bridgehead atoms. The van der Waals surface area contributed by atoms with Crippen LogP contribution in [0.2, 0.25) is 0 Å². The standard InChI is InChI=1S/C13H20N2O3S/c1-2-10-12(19-15-14-10)11(16)9-3-5-18-13(7-9)4-6-17-8-13/h9,11,16H,2-8H2,1H3. The van der Waals surface area contributed by atoms with Crippen LogP contribution in [0.5, 0.6) is 0 Å². The van der Waals surface area contributed by atoms with E-state index >= 15 is 0 Å². The van der Waals surface area contributed by atoms with Crippen LogP contribution in [0.15, 0.2) is 0 Å². The van der Waals surface area contributed by atoms with Gasteiger partial charge in [-0.05, 0) is 36.7 Å². The highest BCUT2D eigenvalue weighted by Gasteiger charge is 2.43. The van der Waals surface area contributed by atoms with Gasteiger partial charge >= 0.3 is 0 Å². The van der Waals surface area contributed by atoms with Crippen molar-refractivity contribution in [1.82, 2.24) is 9.59 Å². The Morgan fingerprint density at radius 1 is 1.53 bits per heavy atom. The highest BCUT2D eigenvalue weighted by molar-refractivity contribution is 7.05. The normalized spacial score (nSPS) is 32.8. The average Bonchev–Trinajstić information content (AvgIpc) is 3.07. The first-order chi connectivity index (χ1) is 9.24. The molecule has 2 aliphatic rings. The van der Waals surface area contributed by atoms with E-state index in [1.54, 1.807) is 0 Å². The summed E-state index contributed by atoms with van der Waals surface area (Å²) in [5.74, 6) is 0.225. The minimum Gasteiger partial charge on any atom is -0.387 e. The maximum atomic E-state index is 10.6. The molecular formula is C13H20N2O3S. The molecule has 3 unspecified atom stereocenters. The van der Waals surface area contributed by atoms with E-state index in [0.29, 0.717) is 13.2 Å². The largest absolute Gasteiger partial charge is 0.387 e. The molecule has 1 aromatic heterocycles. The van der Waals surface area contributed by atoms with Gasteiger partial charge in [0.25, 0.3) is 0 Å². The summed E-state index contributed by atoms with van der Waals surface area (Å²) in [6, 6.07) is 0. The van der Waals surface area contributed by atoms with Crippen molar-refractivity contribution in [2.24, 2.45) is 5.92 Å². The molecule has 19 heavy (non-hydrogen) atoms. The molecule has 2 fully saturated rings. The van der Waals surface area contributed by atoms with Crippen molar-refractivity contribution in [3.63, 3.8) is 0 Å². The lowest BCUT2D eigenvalue weighted by Gasteiger charge is -2.38. The summed E-state index contributed by atoms with van der Waals surface area (Å²) < 4.78 is 15.4. The Hall–Kier alpha value is -0.560. The second-order valence-electron chi connectivity index (χ2n) is 5.47. The molecule has 6 heteroatoms. The van der Waals surface area contributed by atoms with Gasteiger partial charge in [-0.15, -0.1) is 5.10 Å². The second kappa shape index (κ2) is 5.44. The number of nitrogens with zero attached hydrogens (tertiary/aromatic N) is 2. The molecule has 5 nitrogen and oxygen atoms in total. The van der Waals surface area contributed by atoms with Crippen molar-refractivity contribution in [3.05, 3.63) is 10.6 Å². The zero-order valence-corrected chi connectivity index (χ0v) is 12.0. The maximum absolute atomic E-state index is 10.6. The van der Waals surface area contributed by atoms with Gasteiger partial charge in [-0.25, -0.2) is 0 Å². The number of aliphatic hydroxyl groups excluding tert-OH is 1. The maximum Gasteiger partial charge on any atom is 0.0947 e. The summed E-state index contributed by atoms with van der Waals surface area (Å²) in [6.07, 6.45) is 3.06. The summed E-state index contributed by atoms with van der Waals surface area (Å²) in [6.45, 7) is 4.19. The highest BCUT2D eigenvalue weighted by Crippen LogP contribution is 2.42. The smallest absolute Gasteiger partial charge is 0.0947 e. The van der Waals surface area contributed by atoms with Gasteiger partial charge in [-0.1, -0.05) is 11.4 Å². The van der Waals surface area contributed by atoms with Crippen molar-refractivity contribution in [2.75, 3.05) is 19.8 Å². The third-order valence-corrected chi connectivity index (χ3v) is 5.07. The Morgan fingerprint density at radius 2 is 2.42 bits per heavy atom. The van der Waals surface area contributed by atoms with Crippen molar-refractivity contribution >= 4 is 11.5 Å². The molecule has 0 amide bonds. The van der Waals surface area contributed by atoms with Crippen molar-refractivity contribution in [2.45, 2.75) is 44.3 Å². The fraction of sp³-hybridized carbons (Fsp3) is 0.846. The van der Waals surface area contributed by atoms with E-state index in [9.17, 15) is 5.11 Å². The van der Waals surface area contributed by atoms with Crippen LogP contribution in [0, 0.1) is 5.92 Å². The lowest BCUT2D eigenvalue weighted by atomic mass is 9.81. The zero-order chi connectivity index (χ0) is 13.3. The number of rotatable bonds is 3. The van der Waals surface area contributed by atoms with Crippen LogP contribution >= 0.6 is 11.5 Å². The lowest BCUT2D eigenvalue weighted by molar-refractivity contribution is -0.116. The average molecular weight is 284 g/mol. The van der Waals surface area contributed by atoms with E-state index < -0.39 is 6.10 Å². The van der Waals surface area contributed by atoms with E-state index in [0.717, 1.165) is 42.9 Å². The molecule has 1 N–H and O–H groups in total. The van der Waals surface area contributed by atoms with E-state index in [-0.39, 0.29) is 11.5 Å². The van der Waals surface area contributed by atoms with Gasteiger partial charge < -0.3 is 14.6 Å². The molecule has 3 rings (SSSR count). The van der Waals surface area contributed by atoms with Crippen LogP contribution in [0.4, 0.5) is 0 Å². The third-order valence-electron chi connectivity index (χ3n) is 4.23. The van der Waals surface area contributed by atoms with Crippen LogP contribution in [0.1, 0.15) is 42.9 Å². The summed E-state index contributed by atoms with van der Waals surface area (Å²) >= 11 is 1.32. The number of aliphatic hydroxyl groups is 1. The minimum absolute atomic E-state index is 0.158. The Balaban J connectivity index is 1.74. The number of aryl methyl sites for hydroxylation is 1. The first-order valence-electron chi connectivity index (χ1n) is 6.95. The van der Waals surface area contributed by atoms with Gasteiger partial charge in [0.05, 0.1) is 28.9 Å². The summed E-state index contributed by atoms with van der Waals surface area (Å²) in [4.78, 5) is 0.934. The first-order valence-corrected chi connectivity index (χ1v) is 7.72. The molecular weight excluding hydrogens is 264 g/mol. The van der Waals surface area contributed by atoms with Gasteiger partial charge in [-0.3, -0.25) is 0 Å². The number of hydrogen-bond acceptors (Lipinski definition) is 6. The van der Waals surface area contributed by atoms with E-state index in [1.807, 2.05) is 6.92 Å². The van der Waals surface area contributed by atoms with Crippen LogP contribution in [0.25, 0.3) is 0 Å². The van der Waals surface area contributed by atoms with Gasteiger partial charge in [-0.2, -0.15) is 0 Å². The molecule has 3 atom stereocenters. The van der Waals surface area contributed by atoms with Crippen LogP contribution in [-0.4, -0.2) is 40.1 Å². The SMILES string of the molecule is CCc1nnsc1C(O)C1CCOC2(CCOC2)C1. The van der Waals surface area contributed by atoms with Crippen LogP contribution in [-0.2, 0) is 15.9 Å². The molecule has 0 saturated carbocycles. The number of aromatic nitrogens is 2. The Bertz CT molecular complexity index is 431. The quantitative estimate of drug-likeness (QED) is 0.915. The Labute approximate surface area is 117 Å². The predicted octanol–water partition coefficient (Wildman–Crippen LogP) is 1.72. The molecule has 3 heterocycles. The van der Waals surface area contributed by atoms with E-state index in [4.69, 9.17) is 9.47 Å². The molecule has 0 aromatic carbocycles. The van der Waals surface area contributed by atoms with Crippen molar-refractivity contribution in [1.29, 1.82) is 0 Å². The zero-order valence-electron chi connectivity index (χ0n) is 11.2. The summed E-state index contributed by atoms with van der Waals surface area (Å²) in [5.41, 5.74) is 0.773. The predicted molar refractivity (Wildman–Crippen MR) is 71.1 cm³/mol. The summed E-state index contributed by atoms with van der Waals surface area (Å²) in [5, 5.41) is 14.7. The van der Waals surface area contributed by atoms with Gasteiger partial charge in [0.15, 0.2) is 0 Å². The lowest BCUT2D eigenvalue weighted by Crippen LogP contribution is -2.41. The molecule has 2 saturated heterocycles. The topological polar surface area (TPSA) is 64.5 Å². The van der Waals surface area contributed by atoms with E-state index in [2.05, 4.69) is 9.59 Å². The molecule has 1 spiro atoms. The Kier molecular flexibility index (Phi) is 3.84. The molecule has 106 valence electrons. The van der Waals surface area contributed by atoms with Gasteiger partial charge in [0.1, 0.15) is 0 Å². The van der Waals surface area contributed by atoms with Crippen LogP contribution in [0.3, 0.4) is 0 Å². The summed E-state index contributed by atoms with van der Waals surface area (Å²) in [7, 11) is 0. The fourth-order valence-electron chi connectivity index (χ4n) is 3.10. The van der Waals surface area contributed by atoms with Gasteiger partial charge in [0.2, 0.25) is 0 Å². The highest BCUT2D eigenvalue weighted by atomic mass is 32.1. The number of ether oxygens (including phenoxy) is 2. The first kappa shape index (κ1) is 13.4. The van der Waals surface area contributed by atoms with Crippen LogP contribution < -0.4 is 0 Å². The van der Waals surface area contributed by atoms with Gasteiger partial charge in [0, 0.05) is 19.6 Å². The number of hydrogen-bond donors (Lipinski definition) is 1. The molecule has 0 aliphatic carbocycles. The monoisotopic (exact) mass is 284 g/mol. The third kappa shape index (κ3) is 2.54. The molecule has 1 aromatic rings. The van der Waals surface area contributed by atoms with Crippen molar-refractivity contribution < 1.29 is 14.6 Å². The van der Waals surface area contributed by atoms with E-state index in [1.165, 1.54) is 11.5 Å². The molecule has 0 radical (unpaired) electrons. The fourth-order valence-corrected chi connectivity index (χ4v) is 3.92. The minimum atomic E-state index is -0.462. The second-order valence-corrected chi connectivity index (χ2v) is 6.25. The Morgan fingerprint density at radius 3 is 3.16 bits per heavy atom. The van der Waals surface area contributed by atoms with Crippen molar-refractivity contribution in [3.8, 4) is 0 Å². The molecule has 2 aliphatic heterocycles.